The van der Waals surface area contributed by atoms with Crippen LogP contribution in [0.3, 0.4) is 0 Å². The molecule has 0 atom stereocenters. The van der Waals surface area contributed by atoms with Gasteiger partial charge in [0.2, 0.25) is 5.91 Å². The van der Waals surface area contributed by atoms with E-state index < -0.39 is 0 Å². The number of nitrogens with zero attached hydrogens (tertiary/aromatic N) is 4. The molecule has 7 nitrogen and oxygen atoms in total. The van der Waals surface area contributed by atoms with E-state index >= 15 is 0 Å². The molecule has 0 bridgehead atoms. The number of hydrogen-bond donors (Lipinski definition) is 2. The van der Waals surface area contributed by atoms with Crippen molar-refractivity contribution in [1.29, 1.82) is 0 Å². The molecule has 0 saturated carbocycles. The highest BCUT2D eigenvalue weighted by atomic mass is 16.3. The highest BCUT2D eigenvalue weighted by molar-refractivity contribution is 5.76. The van der Waals surface area contributed by atoms with Crippen molar-refractivity contribution in [3.05, 3.63) is 6.20 Å². The summed E-state index contributed by atoms with van der Waals surface area (Å²) in [6, 6.07) is 0. The van der Waals surface area contributed by atoms with E-state index in [0.717, 1.165) is 12.8 Å². The molecule has 2 rings (SSSR count). The predicted molar refractivity (Wildman–Crippen MR) is 60.8 cm³/mol. The fraction of sp³-hybridized carbons (Fsp3) is 0.700. The van der Waals surface area contributed by atoms with Crippen LogP contribution in [-0.2, 0) is 11.3 Å². The third kappa shape index (κ3) is 2.94. The van der Waals surface area contributed by atoms with Crippen LogP contribution in [0.15, 0.2) is 6.20 Å². The Bertz CT molecular complexity index is 384. The Morgan fingerprint density at radius 1 is 1.53 bits per heavy atom. The molecule has 1 aromatic heterocycles. The van der Waals surface area contributed by atoms with Crippen molar-refractivity contribution in [3.8, 4) is 0 Å². The van der Waals surface area contributed by atoms with Crippen molar-refractivity contribution >= 4 is 11.7 Å². The Kier molecular flexibility index (Phi) is 3.58. The number of aliphatic hydroxyl groups is 1. The first-order valence-corrected chi connectivity index (χ1v) is 5.73. The first-order valence-electron chi connectivity index (χ1n) is 5.73. The van der Waals surface area contributed by atoms with Gasteiger partial charge in [0.15, 0.2) is 5.82 Å². The van der Waals surface area contributed by atoms with Crippen LogP contribution in [0.4, 0.5) is 5.82 Å². The zero-order valence-electron chi connectivity index (χ0n) is 9.62. The van der Waals surface area contributed by atoms with Crippen LogP contribution in [-0.4, -0.2) is 50.6 Å². The zero-order valence-corrected chi connectivity index (χ0v) is 9.62. The van der Waals surface area contributed by atoms with Crippen LogP contribution >= 0.6 is 0 Å². The van der Waals surface area contributed by atoms with E-state index in [-0.39, 0.29) is 19.1 Å². The van der Waals surface area contributed by atoms with Crippen molar-refractivity contribution < 1.29 is 9.90 Å². The van der Waals surface area contributed by atoms with Crippen molar-refractivity contribution in [2.75, 3.05) is 25.4 Å². The van der Waals surface area contributed by atoms with Gasteiger partial charge in [0, 0.05) is 19.7 Å². The Hall–Kier alpha value is -1.63. The van der Waals surface area contributed by atoms with Gasteiger partial charge in [0.1, 0.15) is 6.54 Å². The molecule has 7 heteroatoms. The molecular formula is C10H17N5O2. The highest BCUT2D eigenvalue weighted by Gasteiger charge is 2.22. The lowest BCUT2D eigenvalue weighted by Gasteiger charge is -2.31. The van der Waals surface area contributed by atoms with E-state index in [1.54, 1.807) is 11.1 Å². The number of aliphatic hydroxyl groups excluding tert-OH is 1. The maximum atomic E-state index is 11.9. The van der Waals surface area contributed by atoms with Crippen LogP contribution in [0.25, 0.3) is 0 Å². The number of hydrogen-bond acceptors (Lipinski definition) is 5. The van der Waals surface area contributed by atoms with Gasteiger partial charge in [-0.3, -0.25) is 4.79 Å². The number of rotatable bonds is 3. The zero-order chi connectivity index (χ0) is 12.3. The maximum Gasteiger partial charge on any atom is 0.244 e. The summed E-state index contributed by atoms with van der Waals surface area (Å²) in [7, 11) is 0. The lowest BCUT2D eigenvalue weighted by Crippen LogP contribution is -2.40. The Morgan fingerprint density at radius 3 is 2.76 bits per heavy atom. The average molecular weight is 239 g/mol. The summed E-state index contributed by atoms with van der Waals surface area (Å²) >= 11 is 0. The molecule has 3 N–H and O–H groups in total. The second kappa shape index (κ2) is 5.13. The lowest BCUT2D eigenvalue weighted by molar-refractivity contribution is -0.133. The molecule has 0 aliphatic carbocycles. The fourth-order valence-corrected chi connectivity index (χ4v) is 1.99. The molecule has 1 aromatic rings. The van der Waals surface area contributed by atoms with Gasteiger partial charge in [0.25, 0.3) is 0 Å². The van der Waals surface area contributed by atoms with E-state index in [2.05, 4.69) is 10.3 Å². The number of nitrogen functional groups attached to an aromatic ring is 1. The summed E-state index contributed by atoms with van der Waals surface area (Å²) in [5.41, 5.74) is 5.42. The minimum atomic E-state index is 0.0197. The van der Waals surface area contributed by atoms with E-state index in [9.17, 15) is 4.79 Å². The minimum absolute atomic E-state index is 0.0197. The van der Waals surface area contributed by atoms with Crippen LogP contribution in [0.1, 0.15) is 12.8 Å². The van der Waals surface area contributed by atoms with E-state index in [0.29, 0.717) is 24.8 Å². The molecule has 0 spiro atoms. The quantitative estimate of drug-likeness (QED) is 0.711. The molecule has 17 heavy (non-hydrogen) atoms. The molecule has 94 valence electrons. The third-order valence-corrected chi connectivity index (χ3v) is 3.08. The molecular weight excluding hydrogens is 222 g/mol. The van der Waals surface area contributed by atoms with Gasteiger partial charge in [-0.1, -0.05) is 5.21 Å². The predicted octanol–water partition coefficient (Wildman–Crippen LogP) is -0.909. The van der Waals surface area contributed by atoms with Crippen LogP contribution in [0, 0.1) is 5.92 Å². The number of aromatic nitrogens is 3. The summed E-state index contributed by atoms with van der Waals surface area (Å²) < 4.78 is 1.44. The summed E-state index contributed by atoms with van der Waals surface area (Å²) in [6.07, 6.45) is 3.27. The van der Waals surface area contributed by atoms with Gasteiger partial charge in [-0.25, -0.2) is 4.68 Å². The van der Waals surface area contributed by atoms with Crippen molar-refractivity contribution in [1.82, 2.24) is 19.9 Å². The molecule has 0 radical (unpaired) electrons. The molecule has 0 aromatic carbocycles. The summed E-state index contributed by atoms with van der Waals surface area (Å²) in [5, 5.41) is 16.4. The van der Waals surface area contributed by atoms with Gasteiger partial charge >= 0.3 is 0 Å². The number of carbonyl (C=O) groups is 1. The monoisotopic (exact) mass is 239 g/mol. The van der Waals surface area contributed by atoms with Crippen molar-refractivity contribution in [3.63, 3.8) is 0 Å². The van der Waals surface area contributed by atoms with Gasteiger partial charge < -0.3 is 15.7 Å². The standard InChI is InChI=1S/C10H17N5O2/c11-9-5-15(13-12-9)6-10(17)14-3-1-8(7-16)2-4-14/h5,8,16H,1-4,6-7,11H2. The second-order valence-corrected chi connectivity index (χ2v) is 4.35. The topological polar surface area (TPSA) is 97.3 Å². The fourth-order valence-electron chi connectivity index (χ4n) is 1.99. The molecule has 0 unspecified atom stereocenters. The van der Waals surface area contributed by atoms with Gasteiger partial charge in [-0.2, -0.15) is 0 Å². The largest absolute Gasteiger partial charge is 0.396 e. The highest BCUT2D eigenvalue weighted by Crippen LogP contribution is 2.16. The van der Waals surface area contributed by atoms with Gasteiger partial charge in [0.05, 0.1) is 6.20 Å². The van der Waals surface area contributed by atoms with E-state index in [1.807, 2.05) is 0 Å². The third-order valence-electron chi connectivity index (χ3n) is 3.08. The lowest BCUT2D eigenvalue weighted by atomic mass is 9.98. The second-order valence-electron chi connectivity index (χ2n) is 4.35. The Morgan fingerprint density at radius 2 is 2.24 bits per heavy atom. The number of amides is 1. The number of nitrogens with two attached hydrogens (primary N) is 1. The normalized spacial score (nSPS) is 17.4. The minimum Gasteiger partial charge on any atom is -0.396 e. The molecule has 1 fully saturated rings. The van der Waals surface area contributed by atoms with E-state index in [1.165, 1.54) is 4.68 Å². The molecule has 1 aliphatic heterocycles. The average Bonchev–Trinajstić information content (AvgIpc) is 2.75. The van der Waals surface area contributed by atoms with Gasteiger partial charge in [-0.15, -0.1) is 5.10 Å². The van der Waals surface area contributed by atoms with Gasteiger partial charge in [-0.05, 0) is 18.8 Å². The van der Waals surface area contributed by atoms with Crippen LogP contribution in [0.2, 0.25) is 0 Å². The SMILES string of the molecule is Nc1cn(CC(=O)N2CCC(CO)CC2)nn1. The van der Waals surface area contributed by atoms with Crippen molar-refractivity contribution in [2.45, 2.75) is 19.4 Å². The number of carbonyl (C=O) groups excluding carboxylic acids is 1. The number of likely N-dealkylation sites (tertiary alicyclic amines) is 1. The smallest absolute Gasteiger partial charge is 0.244 e. The van der Waals surface area contributed by atoms with Crippen LogP contribution < -0.4 is 5.73 Å². The molecule has 2 heterocycles. The number of piperidine rings is 1. The first kappa shape index (κ1) is 11.8. The summed E-state index contributed by atoms with van der Waals surface area (Å²) in [6.45, 7) is 1.79. The van der Waals surface area contributed by atoms with E-state index in [4.69, 9.17) is 10.8 Å². The molecule has 1 aliphatic rings. The first-order chi connectivity index (χ1) is 8.19. The van der Waals surface area contributed by atoms with Crippen LogP contribution in [0.5, 0.6) is 0 Å². The Balaban J connectivity index is 1.85. The molecule has 1 amide bonds. The Labute approximate surface area is 99.2 Å². The van der Waals surface area contributed by atoms with Crippen molar-refractivity contribution in [2.24, 2.45) is 5.92 Å². The summed E-state index contributed by atoms with van der Waals surface area (Å²) in [5.74, 6) is 0.671. The molecule has 1 saturated heterocycles. The maximum absolute atomic E-state index is 11.9. The summed E-state index contributed by atoms with van der Waals surface area (Å²) in [4.78, 5) is 13.7. The number of anilines is 1.